The van der Waals surface area contributed by atoms with Crippen LogP contribution in [0.3, 0.4) is 0 Å². The first kappa shape index (κ1) is 19.2. The second kappa shape index (κ2) is 8.88. The second-order valence-electron chi connectivity index (χ2n) is 6.70. The molecule has 3 aromatic carbocycles. The lowest BCUT2D eigenvalue weighted by Gasteiger charge is -2.09. The summed E-state index contributed by atoms with van der Waals surface area (Å²) in [4.78, 5) is 12.6. The number of nitrogens with one attached hydrogen (secondary N) is 1. The highest BCUT2D eigenvalue weighted by atomic mass is 79.9. The van der Waals surface area contributed by atoms with Gasteiger partial charge in [-0.2, -0.15) is 5.10 Å². The lowest BCUT2D eigenvalue weighted by atomic mass is 10.1. The average molecular weight is 446 g/mol. The summed E-state index contributed by atoms with van der Waals surface area (Å²) >= 11 is 3.46. The van der Waals surface area contributed by atoms with E-state index in [0.29, 0.717) is 18.7 Å². The minimum Gasteiger partial charge on any atom is -0.311 e. The molecule has 1 amide bonds. The number of nitrogens with zero attached hydrogens (tertiary/aromatic N) is 2. The molecule has 144 valence electrons. The van der Waals surface area contributed by atoms with Crippen molar-refractivity contribution in [1.82, 2.24) is 9.78 Å². The predicted molar refractivity (Wildman–Crippen MR) is 120 cm³/mol. The molecular weight excluding hydrogens is 426 g/mol. The Bertz CT molecular complexity index is 1090. The summed E-state index contributed by atoms with van der Waals surface area (Å²) in [6, 6.07) is 29.7. The van der Waals surface area contributed by atoms with Crippen LogP contribution >= 0.6 is 15.9 Å². The molecule has 0 saturated heterocycles. The van der Waals surface area contributed by atoms with E-state index in [1.807, 2.05) is 91.0 Å². The molecule has 0 atom stereocenters. The largest absolute Gasteiger partial charge is 0.311 e. The topological polar surface area (TPSA) is 46.9 Å². The molecule has 4 rings (SSSR count). The number of anilines is 1. The van der Waals surface area contributed by atoms with Gasteiger partial charge in [-0.3, -0.25) is 4.79 Å². The predicted octanol–water partition coefficient (Wildman–Crippen LogP) is 5.87. The SMILES string of the molecule is O=C(CCc1ccccc1)Nc1cc(-c2ccccc2)nn1-c1ccc(Br)cc1. The molecule has 5 heteroatoms. The Balaban J connectivity index is 1.59. The first-order valence-electron chi connectivity index (χ1n) is 9.44. The van der Waals surface area contributed by atoms with Gasteiger partial charge in [0.05, 0.1) is 11.4 Å². The summed E-state index contributed by atoms with van der Waals surface area (Å²) in [5, 5.41) is 7.77. The van der Waals surface area contributed by atoms with Crippen LogP contribution in [0.1, 0.15) is 12.0 Å². The zero-order valence-corrected chi connectivity index (χ0v) is 17.3. The van der Waals surface area contributed by atoms with Crippen molar-refractivity contribution in [1.29, 1.82) is 0 Å². The van der Waals surface area contributed by atoms with Crippen LogP contribution in [0.4, 0.5) is 5.82 Å². The highest BCUT2D eigenvalue weighted by molar-refractivity contribution is 9.10. The molecule has 1 aromatic heterocycles. The van der Waals surface area contributed by atoms with Gasteiger partial charge in [0, 0.05) is 22.5 Å². The van der Waals surface area contributed by atoms with Crippen molar-refractivity contribution in [2.75, 3.05) is 5.32 Å². The molecule has 29 heavy (non-hydrogen) atoms. The van der Waals surface area contributed by atoms with Gasteiger partial charge in [0.2, 0.25) is 5.91 Å². The second-order valence-corrected chi connectivity index (χ2v) is 7.62. The third-order valence-corrected chi connectivity index (χ3v) is 5.13. The molecule has 4 nitrogen and oxygen atoms in total. The van der Waals surface area contributed by atoms with Gasteiger partial charge in [-0.25, -0.2) is 4.68 Å². The molecule has 0 fully saturated rings. The van der Waals surface area contributed by atoms with Crippen LogP contribution < -0.4 is 5.32 Å². The summed E-state index contributed by atoms with van der Waals surface area (Å²) < 4.78 is 2.76. The van der Waals surface area contributed by atoms with Crippen LogP contribution in [-0.4, -0.2) is 15.7 Å². The Morgan fingerprint density at radius 1 is 0.897 bits per heavy atom. The van der Waals surface area contributed by atoms with Gasteiger partial charge in [0.1, 0.15) is 5.82 Å². The fourth-order valence-electron chi connectivity index (χ4n) is 3.11. The molecule has 0 spiro atoms. The maximum absolute atomic E-state index is 12.6. The fraction of sp³-hybridized carbons (Fsp3) is 0.0833. The van der Waals surface area contributed by atoms with E-state index in [1.165, 1.54) is 0 Å². The standard InChI is InChI=1S/C24H20BrN3O/c25-20-12-14-21(15-13-20)28-23(17-22(27-28)19-9-5-2-6-10-19)26-24(29)16-11-18-7-3-1-4-8-18/h1-10,12-15,17H,11,16H2,(H,26,29). The van der Waals surface area contributed by atoms with Crippen molar-refractivity contribution in [2.24, 2.45) is 0 Å². The van der Waals surface area contributed by atoms with E-state index in [9.17, 15) is 4.79 Å². The Morgan fingerprint density at radius 2 is 1.55 bits per heavy atom. The Labute approximate surface area is 178 Å². The van der Waals surface area contributed by atoms with Gasteiger partial charge in [0.25, 0.3) is 0 Å². The number of carbonyl (C=O) groups is 1. The summed E-state index contributed by atoms with van der Waals surface area (Å²) in [7, 11) is 0. The van der Waals surface area contributed by atoms with Crippen molar-refractivity contribution < 1.29 is 4.79 Å². The number of halogens is 1. The molecule has 0 aliphatic carbocycles. The van der Waals surface area contributed by atoms with Crippen LogP contribution in [0, 0.1) is 0 Å². The monoisotopic (exact) mass is 445 g/mol. The third-order valence-electron chi connectivity index (χ3n) is 4.60. The minimum absolute atomic E-state index is 0.0354. The minimum atomic E-state index is -0.0354. The molecule has 1 N–H and O–H groups in total. The van der Waals surface area contributed by atoms with E-state index in [-0.39, 0.29) is 5.91 Å². The Hall–Kier alpha value is -3.18. The molecule has 0 radical (unpaired) electrons. The Kier molecular flexibility index (Phi) is 5.86. The van der Waals surface area contributed by atoms with E-state index in [0.717, 1.165) is 27.0 Å². The van der Waals surface area contributed by atoms with Crippen molar-refractivity contribution >= 4 is 27.7 Å². The highest BCUT2D eigenvalue weighted by Gasteiger charge is 2.14. The van der Waals surface area contributed by atoms with E-state index in [1.54, 1.807) is 4.68 Å². The lowest BCUT2D eigenvalue weighted by molar-refractivity contribution is -0.116. The van der Waals surface area contributed by atoms with E-state index >= 15 is 0 Å². The summed E-state index contributed by atoms with van der Waals surface area (Å²) in [5.74, 6) is 0.621. The van der Waals surface area contributed by atoms with Crippen molar-refractivity contribution in [3.8, 4) is 16.9 Å². The molecule has 1 heterocycles. The number of amides is 1. The van der Waals surface area contributed by atoms with Crippen molar-refractivity contribution in [2.45, 2.75) is 12.8 Å². The number of hydrogen-bond acceptors (Lipinski definition) is 2. The molecule has 0 bridgehead atoms. The Morgan fingerprint density at radius 3 is 2.24 bits per heavy atom. The van der Waals surface area contributed by atoms with E-state index in [2.05, 4.69) is 21.2 Å². The van der Waals surface area contributed by atoms with Crippen LogP contribution in [-0.2, 0) is 11.2 Å². The smallest absolute Gasteiger partial charge is 0.225 e. The molecule has 0 aliphatic heterocycles. The molecule has 0 aliphatic rings. The van der Waals surface area contributed by atoms with Crippen LogP contribution in [0.15, 0.2) is 95.5 Å². The van der Waals surface area contributed by atoms with Gasteiger partial charge in [0.15, 0.2) is 0 Å². The first-order chi connectivity index (χ1) is 14.2. The van der Waals surface area contributed by atoms with E-state index < -0.39 is 0 Å². The van der Waals surface area contributed by atoms with Gasteiger partial charge in [-0.15, -0.1) is 0 Å². The summed E-state index contributed by atoms with van der Waals surface area (Å²) in [6.45, 7) is 0. The normalized spacial score (nSPS) is 10.7. The van der Waals surface area contributed by atoms with Gasteiger partial charge in [-0.1, -0.05) is 76.6 Å². The summed E-state index contributed by atoms with van der Waals surface area (Å²) in [6.07, 6.45) is 1.11. The number of benzene rings is 3. The van der Waals surface area contributed by atoms with Gasteiger partial charge < -0.3 is 5.32 Å². The number of aromatic nitrogens is 2. The molecule has 0 unspecified atom stereocenters. The van der Waals surface area contributed by atoms with Crippen LogP contribution in [0.2, 0.25) is 0 Å². The number of aryl methyl sites for hydroxylation is 1. The van der Waals surface area contributed by atoms with E-state index in [4.69, 9.17) is 5.10 Å². The number of carbonyl (C=O) groups excluding carboxylic acids is 1. The maximum Gasteiger partial charge on any atom is 0.225 e. The molecular formula is C24H20BrN3O. The third kappa shape index (κ3) is 4.81. The van der Waals surface area contributed by atoms with Crippen LogP contribution in [0.5, 0.6) is 0 Å². The zero-order valence-electron chi connectivity index (χ0n) is 15.8. The summed E-state index contributed by atoms with van der Waals surface area (Å²) in [5.41, 5.74) is 3.85. The maximum atomic E-state index is 12.6. The molecule has 0 saturated carbocycles. The average Bonchev–Trinajstić information content (AvgIpc) is 3.18. The number of rotatable bonds is 6. The van der Waals surface area contributed by atoms with Gasteiger partial charge in [-0.05, 0) is 36.2 Å². The fourth-order valence-corrected chi connectivity index (χ4v) is 3.37. The van der Waals surface area contributed by atoms with Crippen LogP contribution in [0.25, 0.3) is 16.9 Å². The van der Waals surface area contributed by atoms with Crippen molar-refractivity contribution in [3.63, 3.8) is 0 Å². The van der Waals surface area contributed by atoms with Crippen molar-refractivity contribution in [3.05, 3.63) is 101 Å². The highest BCUT2D eigenvalue weighted by Crippen LogP contribution is 2.25. The lowest BCUT2D eigenvalue weighted by Crippen LogP contribution is -2.15. The molecule has 4 aromatic rings. The first-order valence-corrected chi connectivity index (χ1v) is 10.2. The van der Waals surface area contributed by atoms with Gasteiger partial charge >= 0.3 is 0 Å². The number of hydrogen-bond donors (Lipinski definition) is 1. The quantitative estimate of drug-likeness (QED) is 0.403. The zero-order chi connectivity index (χ0) is 20.1.